The van der Waals surface area contributed by atoms with E-state index in [-0.39, 0.29) is 11.8 Å². The molecule has 0 heterocycles. The average Bonchev–Trinajstić information content (AvgIpc) is 2.32. The molecule has 1 amide bonds. The quantitative estimate of drug-likeness (QED) is 0.694. The van der Waals surface area contributed by atoms with Crippen LogP contribution in [0.3, 0.4) is 0 Å². The number of phenols is 1. The van der Waals surface area contributed by atoms with Gasteiger partial charge in [0.15, 0.2) is 11.6 Å². The van der Waals surface area contributed by atoms with E-state index in [4.69, 9.17) is 10.8 Å². The fourth-order valence-electron chi connectivity index (χ4n) is 1.99. The number of amides is 1. The lowest BCUT2D eigenvalue weighted by Gasteiger charge is -2.16. The molecule has 1 aromatic carbocycles. The molecule has 0 bridgehead atoms. The SMILES string of the molecule is CC(C)C[C@H](CN)CC(=O)Nc1ccc(O)c(F)c1. The number of hydrogen-bond acceptors (Lipinski definition) is 3. The summed E-state index contributed by atoms with van der Waals surface area (Å²) in [6.45, 7) is 4.61. The molecule has 0 unspecified atom stereocenters. The molecule has 0 aromatic heterocycles. The fourth-order valence-corrected chi connectivity index (χ4v) is 1.99. The van der Waals surface area contributed by atoms with Crippen LogP contribution in [0.25, 0.3) is 0 Å². The van der Waals surface area contributed by atoms with Crippen LogP contribution in [0.5, 0.6) is 5.75 Å². The second-order valence-electron chi connectivity index (χ2n) is 5.15. The molecule has 0 fully saturated rings. The molecule has 4 N–H and O–H groups in total. The largest absolute Gasteiger partial charge is 0.505 e. The van der Waals surface area contributed by atoms with Crippen molar-refractivity contribution in [2.75, 3.05) is 11.9 Å². The maximum absolute atomic E-state index is 13.1. The predicted molar refractivity (Wildman–Crippen MR) is 73.3 cm³/mol. The smallest absolute Gasteiger partial charge is 0.224 e. The van der Waals surface area contributed by atoms with Gasteiger partial charge in [0.05, 0.1) is 0 Å². The maximum atomic E-state index is 13.1. The van der Waals surface area contributed by atoms with Gasteiger partial charge in [0, 0.05) is 18.2 Å². The Labute approximate surface area is 112 Å². The van der Waals surface area contributed by atoms with Crippen molar-refractivity contribution >= 4 is 11.6 Å². The Morgan fingerprint density at radius 2 is 2.16 bits per heavy atom. The molecule has 0 spiro atoms. The van der Waals surface area contributed by atoms with Gasteiger partial charge in [0.2, 0.25) is 5.91 Å². The Morgan fingerprint density at radius 3 is 2.68 bits per heavy atom. The van der Waals surface area contributed by atoms with E-state index in [9.17, 15) is 9.18 Å². The van der Waals surface area contributed by atoms with Gasteiger partial charge >= 0.3 is 0 Å². The number of nitrogens with two attached hydrogens (primary N) is 1. The van der Waals surface area contributed by atoms with E-state index in [1.807, 2.05) is 0 Å². The average molecular weight is 268 g/mol. The van der Waals surface area contributed by atoms with E-state index in [2.05, 4.69) is 19.2 Å². The minimum atomic E-state index is -0.754. The van der Waals surface area contributed by atoms with Gasteiger partial charge in [-0.1, -0.05) is 13.8 Å². The van der Waals surface area contributed by atoms with Crippen LogP contribution < -0.4 is 11.1 Å². The van der Waals surface area contributed by atoms with Crippen LogP contribution in [0, 0.1) is 17.7 Å². The van der Waals surface area contributed by atoms with Gasteiger partial charge in [-0.2, -0.15) is 0 Å². The highest BCUT2D eigenvalue weighted by molar-refractivity contribution is 5.90. The number of nitrogens with one attached hydrogen (secondary N) is 1. The van der Waals surface area contributed by atoms with E-state index < -0.39 is 11.6 Å². The third-order valence-electron chi connectivity index (χ3n) is 2.84. The normalized spacial score (nSPS) is 12.5. The van der Waals surface area contributed by atoms with Crippen molar-refractivity contribution in [1.82, 2.24) is 0 Å². The molecule has 1 rings (SSSR count). The topological polar surface area (TPSA) is 75.4 Å². The molecule has 1 atom stereocenters. The number of anilines is 1. The second-order valence-corrected chi connectivity index (χ2v) is 5.15. The second kappa shape index (κ2) is 7.09. The molecule has 0 radical (unpaired) electrons. The summed E-state index contributed by atoms with van der Waals surface area (Å²) in [6.07, 6.45) is 1.20. The number of carbonyl (C=O) groups excluding carboxylic acids is 1. The Bertz CT molecular complexity index is 435. The van der Waals surface area contributed by atoms with Crippen LogP contribution in [-0.2, 0) is 4.79 Å². The minimum absolute atomic E-state index is 0.127. The molecule has 4 nitrogen and oxygen atoms in total. The van der Waals surface area contributed by atoms with Crippen LogP contribution in [0.4, 0.5) is 10.1 Å². The highest BCUT2D eigenvalue weighted by Gasteiger charge is 2.14. The summed E-state index contributed by atoms with van der Waals surface area (Å²) in [5.74, 6) is -0.774. The standard InChI is InChI=1S/C14H21FN2O2/c1-9(2)5-10(8-16)6-14(19)17-11-3-4-13(18)12(15)7-11/h3-4,7,9-10,18H,5-6,8,16H2,1-2H3,(H,17,19)/t10-/m0/s1. The lowest BCUT2D eigenvalue weighted by molar-refractivity contribution is -0.117. The molecule has 0 aliphatic heterocycles. The maximum Gasteiger partial charge on any atom is 0.224 e. The summed E-state index contributed by atoms with van der Waals surface area (Å²) in [6, 6.07) is 3.75. The summed E-state index contributed by atoms with van der Waals surface area (Å²) in [4.78, 5) is 11.8. The summed E-state index contributed by atoms with van der Waals surface area (Å²) in [7, 11) is 0. The summed E-state index contributed by atoms with van der Waals surface area (Å²) >= 11 is 0. The van der Waals surface area contributed by atoms with E-state index in [0.29, 0.717) is 24.6 Å². The lowest BCUT2D eigenvalue weighted by Crippen LogP contribution is -2.23. The molecule has 5 heteroatoms. The third kappa shape index (κ3) is 5.26. The number of halogens is 1. The van der Waals surface area contributed by atoms with Crippen LogP contribution >= 0.6 is 0 Å². The van der Waals surface area contributed by atoms with Crippen molar-refractivity contribution in [3.8, 4) is 5.75 Å². The van der Waals surface area contributed by atoms with Crippen LogP contribution in [0.15, 0.2) is 18.2 Å². The summed E-state index contributed by atoms with van der Waals surface area (Å²) in [5.41, 5.74) is 5.97. The van der Waals surface area contributed by atoms with Gasteiger partial charge < -0.3 is 16.2 Å². The van der Waals surface area contributed by atoms with Gasteiger partial charge in [0.25, 0.3) is 0 Å². The van der Waals surface area contributed by atoms with Crippen molar-refractivity contribution in [1.29, 1.82) is 0 Å². The zero-order valence-corrected chi connectivity index (χ0v) is 11.3. The molecule has 19 heavy (non-hydrogen) atoms. The minimum Gasteiger partial charge on any atom is -0.505 e. The number of benzene rings is 1. The van der Waals surface area contributed by atoms with E-state index in [1.54, 1.807) is 0 Å². The molecule has 0 aliphatic carbocycles. The Kier molecular flexibility index (Phi) is 5.76. The fraction of sp³-hybridized carbons (Fsp3) is 0.500. The van der Waals surface area contributed by atoms with E-state index in [0.717, 1.165) is 12.5 Å². The highest BCUT2D eigenvalue weighted by atomic mass is 19.1. The number of phenolic OH excluding ortho intramolecular Hbond substituents is 1. The highest BCUT2D eigenvalue weighted by Crippen LogP contribution is 2.20. The first-order valence-corrected chi connectivity index (χ1v) is 6.40. The third-order valence-corrected chi connectivity index (χ3v) is 2.84. The van der Waals surface area contributed by atoms with Crippen molar-refractivity contribution in [3.63, 3.8) is 0 Å². The first kappa shape index (κ1) is 15.4. The number of hydrogen-bond donors (Lipinski definition) is 3. The molecule has 0 aliphatic rings. The molecule has 1 aromatic rings. The molecular weight excluding hydrogens is 247 g/mol. The van der Waals surface area contributed by atoms with Crippen LogP contribution in [-0.4, -0.2) is 17.6 Å². The van der Waals surface area contributed by atoms with Gasteiger partial charge in [-0.25, -0.2) is 4.39 Å². The van der Waals surface area contributed by atoms with E-state index in [1.165, 1.54) is 12.1 Å². The molecular formula is C14H21FN2O2. The van der Waals surface area contributed by atoms with Gasteiger partial charge in [-0.15, -0.1) is 0 Å². The Hall–Kier alpha value is -1.62. The van der Waals surface area contributed by atoms with Crippen LogP contribution in [0.1, 0.15) is 26.7 Å². The van der Waals surface area contributed by atoms with Crippen molar-refractivity contribution < 1.29 is 14.3 Å². The van der Waals surface area contributed by atoms with Gasteiger partial charge in [-0.05, 0) is 36.9 Å². The number of carbonyl (C=O) groups is 1. The molecule has 106 valence electrons. The first-order valence-electron chi connectivity index (χ1n) is 6.40. The zero-order valence-electron chi connectivity index (χ0n) is 11.3. The summed E-state index contributed by atoms with van der Waals surface area (Å²) < 4.78 is 13.1. The van der Waals surface area contributed by atoms with Crippen molar-refractivity contribution in [2.24, 2.45) is 17.6 Å². The first-order chi connectivity index (χ1) is 8.92. The number of rotatable bonds is 6. The number of aromatic hydroxyl groups is 1. The van der Waals surface area contributed by atoms with Crippen LogP contribution in [0.2, 0.25) is 0 Å². The van der Waals surface area contributed by atoms with Crippen molar-refractivity contribution in [3.05, 3.63) is 24.0 Å². The Morgan fingerprint density at radius 1 is 1.47 bits per heavy atom. The molecule has 0 saturated heterocycles. The van der Waals surface area contributed by atoms with Gasteiger partial charge in [0.1, 0.15) is 0 Å². The monoisotopic (exact) mass is 268 g/mol. The predicted octanol–water partition coefficient (Wildman–Crippen LogP) is 2.48. The molecule has 0 saturated carbocycles. The zero-order chi connectivity index (χ0) is 14.4. The van der Waals surface area contributed by atoms with Gasteiger partial charge in [-0.3, -0.25) is 4.79 Å². The lowest BCUT2D eigenvalue weighted by atomic mass is 9.94. The summed E-state index contributed by atoms with van der Waals surface area (Å²) in [5, 5.41) is 11.7. The van der Waals surface area contributed by atoms with Crippen molar-refractivity contribution in [2.45, 2.75) is 26.7 Å². The van der Waals surface area contributed by atoms with E-state index >= 15 is 0 Å². The Balaban J connectivity index is 2.56.